The molecular weight excluding hydrogens is 234 g/mol. The monoisotopic (exact) mass is 253 g/mol. The van der Waals surface area contributed by atoms with Gasteiger partial charge in [-0.3, -0.25) is 0 Å². The number of ether oxygens (including phenoxy) is 1. The minimum absolute atomic E-state index is 0.242. The van der Waals surface area contributed by atoms with Gasteiger partial charge in [-0.15, -0.1) is 0 Å². The summed E-state index contributed by atoms with van der Waals surface area (Å²) >= 11 is 6.14. The lowest BCUT2D eigenvalue weighted by Crippen LogP contribution is -2.28. The fourth-order valence-corrected chi connectivity index (χ4v) is 2.66. The SMILES string of the molecule is CCC(N)C(C)Cc1cc(Cl)cc2c1OCC2. The quantitative estimate of drug-likeness (QED) is 0.895. The highest BCUT2D eigenvalue weighted by atomic mass is 35.5. The topological polar surface area (TPSA) is 35.2 Å². The van der Waals surface area contributed by atoms with Gasteiger partial charge in [-0.05, 0) is 42.0 Å². The van der Waals surface area contributed by atoms with Crippen molar-refractivity contribution in [1.82, 2.24) is 0 Å². The van der Waals surface area contributed by atoms with Gasteiger partial charge in [-0.2, -0.15) is 0 Å². The van der Waals surface area contributed by atoms with Crippen LogP contribution >= 0.6 is 11.6 Å². The summed E-state index contributed by atoms with van der Waals surface area (Å²) in [6.07, 6.45) is 2.92. The third-order valence-corrected chi connectivity index (χ3v) is 3.79. The Bertz CT molecular complexity index is 405. The van der Waals surface area contributed by atoms with Crippen molar-refractivity contribution in [3.05, 3.63) is 28.3 Å². The van der Waals surface area contributed by atoms with Crippen LogP contribution in [-0.2, 0) is 12.8 Å². The second-order valence-electron chi connectivity index (χ2n) is 4.91. The molecule has 0 saturated heterocycles. The average Bonchev–Trinajstić information content (AvgIpc) is 2.75. The largest absolute Gasteiger partial charge is 0.493 e. The second-order valence-corrected chi connectivity index (χ2v) is 5.34. The maximum atomic E-state index is 6.14. The van der Waals surface area contributed by atoms with Crippen LogP contribution in [0.2, 0.25) is 5.02 Å². The molecule has 2 unspecified atom stereocenters. The van der Waals surface area contributed by atoms with Gasteiger partial charge in [0.1, 0.15) is 5.75 Å². The van der Waals surface area contributed by atoms with Crippen LogP contribution in [0, 0.1) is 5.92 Å². The molecule has 1 aromatic carbocycles. The maximum Gasteiger partial charge on any atom is 0.125 e. The first-order chi connectivity index (χ1) is 8.11. The molecule has 0 spiro atoms. The standard InChI is InChI=1S/C14H20ClNO/c1-3-13(16)9(2)6-11-8-12(15)7-10-4-5-17-14(10)11/h7-9,13H,3-6,16H2,1-2H3. The van der Waals surface area contributed by atoms with Crippen molar-refractivity contribution >= 4 is 11.6 Å². The predicted molar refractivity (Wildman–Crippen MR) is 71.8 cm³/mol. The summed E-state index contributed by atoms with van der Waals surface area (Å²) in [7, 11) is 0. The molecule has 1 aliphatic rings. The molecule has 2 N–H and O–H groups in total. The molecule has 0 aliphatic carbocycles. The van der Waals surface area contributed by atoms with Crippen LogP contribution < -0.4 is 10.5 Å². The number of hydrogen-bond acceptors (Lipinski definition) is 2. The van der Waals surface area contributed by atoms with E-state index >= 15 is 0 Å². The normalized spacial score (nSPS) is 17.4. The lowest BCUT2D eigenvalue weighted by atomic mass is 9.91. The van der Waals surface area contributed by atoms with Gasteiger partial charge in [-0.1, -0.05) is 25.4 Å². The van der Waals surface area contributed by atoms with Gasteiger partial charge in [0.25, 0.3) is 0 Å². The number of nitrogens with two attached hydrogens (primary N) is 1. The third kappa shape index (κ3) is 2.75. The lowest BCUT2D eigenvalue weighted by Gasteiger charge is -2.19. The van der Waals surface area contributed by atoms with Crippen LogP contribution in [0.5, 0.6) is 5.75 Å². The molecule has 94 valence electrons. The summed E-state index contributed by atoms with van der Waals surface area (Å²) in [6.45, 7) is 5.09. The van der Waals surface area contributed by atoms with Crippen molar-refractivity contribution in [2.75, 3.05) is 6.61 Å². The minimum Gasteiger partial charge on any atom is -0.493 e. The molecule has 0 fully saturated rings. The van der Waals surface area contributed by atoms with Crippen LogP contribution in [-0.4, -0.2) is 12.6 Å². The van der Waals surface area contributed by atoms with Crippen molar-refractivity contribution in [2.45, 2.75) is 39.2 Å². The van der Waals surface area contributed by atoms with Gasteiger partial charge in [0, 0.05) is 17.5 Å². The van der Waals surface area contributed by atoms with E-state index in [1.165, 1.54) is 11.1 Å². The maximum absolute atomic E-state index is 6.14. The first-order valence-corrected chi connectivity index (χ1v) is 6.69. The van der Waals surface area contributed by atoms with E-state index in [0.717, 1.165) is 36.6 Å². The molecule has 0 bridgehead atoms. The van der Waals surface area contributed by atoms with Crippen molar-refractivity contribution in [3.8, 4) is 5.75 Å². The fourth-order valence-electron chi connectivity index (χ4n) is 2.40. The summed E-state index contributed by atoms with van der Waals surface area (Å²) in [6, 6.07) is 4.27. The van der Waals surface area contributed by atoms with Crippen LogP contribution in [0.25, 0.3) is 0 Å². The molecule has 17 heavy (non-hydrogen) atoms. The van der Waals surface area contributed by atoms with Crippen LogP contribution in [0.4, 0.5) is 0 Å². The molecule has 3 heteroatoms. The van der Waals surface area contributed by atoms with E-state index in [4.69, 9.17) is 22.1 Å². The zero-order valence-electron chi connectivity index (χ0n) is 10.5. The number of halogens is 1. The predicted octanol–water partition coefficient (Wildman–Crippen LogP) is 3.19. The number of fused-ring (bicyclic) bond motifs is 1. The lowest BCUT2D eigenvalue weighted by molar-refractivity contribution is 0.348. The van der Waals surface area contributed by atoms with Crippen LogP contribution in [0.1, 0.15) is 31.4 Å². The van der Waals surface area contributed by atoms with E-state index in [1.807, 2.05) is 12.1 Å². The Hall–Kier alpha value is -0.730. The van der Waals surface area contributed by atoms with Gasteiger partial charge in [0.2, 0.25) is 0 Å². The highest BCUT2D eigenvalue weighted by molar-refractivity contribution is 6.30. The Morgan fingerprint density at radius 1 is 1.47 bits per heavy atom. The molecule has 0 amide bonds. The molecular formula is C14H20ClNO. The van der Waals surface area contributed by atoms with Gasteiger partial charge < -0.3 is 10.5 Å². The van der Waals surface area contributed by atoms with E-state index in [1.54, 1.807) is 0 Å². The zero-order chi connectivity index (χ0) is 12.4. The Labute approximate surface area is 108 Å². The Balaban J connectivity index is 2.21. The number of benzene rings is 1. The minimum atomic E-state index is 0.242. The van der Waals surface area contributed by atoms with E-state index < -0.39 is 0 Å². The number of hydrogen-bond donors (Lipinski definition) is 1. The molecule has 2 rings (SSSR count). The van der Waals surface area contributed by atoms with Gasteiger partial charge in [0.05, 0.1) is 6.61 Å². The van der Waals surface area contributed by atoms with Gasteiger partial charge >= 0.3 is 0 Å². The van der Waals surface area contributed by atoms with Crippen molar-refractivity contribution in [1.29, 1.82) is 0 Å². The molecule has 2 nitrogen and oxygen atoms in total. The molecule has 2 atom stereocenters. The van der Waals surface area contributed by atoms with Crippen molar-refractivity contribution < 1.29 is 4.74 Å². The first kappa shape index (κ1) is 12.7. The van der Waals surface area contributed by atoms with E-state index in [0.29, 0.717) is 5.92 Å². The zero-order valence-corrected chi connectivity index (χ0v) is 11.3. The summed E-state index contributed by atoms with van der Waals surface area (Å²) in [5.41, 5.74) is 8.52. The van der Waals surface area contributed by atoms with Crippen LogP contribution in [0.15, 0.2) is 12.1 Å². The smallest absolute Gasteiger partial charge is 0.125 e. The highest BCUT2D eigenvalue weighted by Gasteiger charge is 2.20. The molecule has 0 radical (unpaired) electrons. The molecule has 1 heterocycles. The van der Waals surface area contributed by atoms with E-state index in [2.05, 4.69) is 13.8 Å². The summed E-state index contributed by atoms with van der Waals surface area (Å²) in [5, 5.41) is 0.807. The summed E-state index contributed by atoms with van der Waals surface area (Å²) < 4.78 is 5.70. The van der Waals surface area contributed by atoms with Crippen molar-refractivity contribution in [3.63, 3.8) is 0 Å². The van der Waals surface area contributed by atoms with E-state index in [-0.39, 0.29) is 6.04 Å². The first-order valence-electron chi connectivity index (χ1n) is 6.31. The van der Waals surface area contributed by atoms with E-state index in [9.17, 15) is 0 Å². The van der Waals surface area contributed by atoms with Gasteiger partial charge in [-0.25, -0.2) is 0 Å². The Morgan fingerprint density at radius 2 is 2.24 bits per heavy atom. The van der Waals surface area contributed by atoms with Gasteiger partial charge in [0.15, 0.2) is 0 Å². The molecule has 0 aromatic heterocycles. The Kier molecular flexibility index (Phi) is 3.95. The third-order valence-electron chi connectivity index (χ3n) is 3.57. The summed E-state index contributed by atoms with van der Waals surface area (Å²) in [4.78, 5) is 0. The Morgan fingerprint density at radius 3 is 2.94 bits per heavy atom. The highest BCUT2D eigenvalue weighted by Crippen LogP contribution is 2.34. The second kappa shape index (κ2) is 5.28. The van der Waals surface area contributed by atoms with Crippen molar-refractivity contribution in [2.24, 2.45) is 11.7 Å². The summed E-state index contributed by atoms with van der Waals surface area (Å²) in [5.74, 6) is 1.50. The molecule has 1 aromatic rings. The fraction of sp³-hybridized carbons (Fsp3) is 0.571. The number of rotatable bonds is 4. The van der Waals surface area contributed by atoms with Crippen LogP contribution in [0.3, 0.4) is 0 Å². The molecule has 1 aliphatic heterocycles. The average molecular weight is 254 g/mol. The molecule has 0 saturated carbocycles.